The van der Waals surface area contributed by atoms with Gasteiger partial charge in [-0.2, -0.15) is 5.26 Å². The number of rotatable bonds is 2. The summed E-state index contributed by atoms with van der Waals surface area (Å²) in [5.74, 6) is -0.436. The van der Waals surface area contributed by atoms with Crippen LogP contribution in [0.4, 0.5) is 5.69 Å². The van der Waals surface area contributed by atoms with Crippen LogP contribution in [0.15, 0.2) is 42.5 Å². The van der Waals surface area contributed by atoms with Crippen molar-refractivity contribution < 1.29 is 4.79 Å². The van der Waals surface area contributed by atoms with Gasteiger partial charge in [-0.05, 0) is 23.7 Å². The smallest absolute Gasteiger partial charge is 0.252 e. The quantitative estimate of drug-likeness (QED) is 0.581. The van der Waals surface area contributed by atoms with Crippen molar-refractivity contribution in [2.75, 3.05) is 5.32 Å². The summed E-state index contributed by atoms with van der Waals surface area (Å²) in [5.41, 5.74) is 5.73. The van der Waals surface area contributed by atoms with Gasteiger partial charge in [-0.3, -0.25) is 15.6 Å². The van der Waals surface area contributed by atoms with Crippen LogP contribution < -0.4 is 16.2 Å². The van der Waals surface area contributed by atoms with Gasteiger partial charge in [0.1, 0.15) is 6.42 Å². The van der Waals surface area contributed by atoms with Crippen molar-refractivity contribution in [2.24, 2.45) is 0 Å². The number of hydrazine groups is 1. The van der Waals surface area contributed by atoms with Crippen LogP contribution in [-0.2, 0) is 4.79 Å². The minimum absolute atomic E-state index is 0.218. The van der Waals surface area contributed by atoms with Crippen LogP contribution in [0.2, 0.25) is 0 Å². The number of hydrogen-bond acceptors (Lipinski definition) is 3. The standard InChI is InChI=1S/C14H12N4OS/c15-9-8-13(19)17-18-14(20)16-12-7-3-5-10-4-1-2-6-11(10)12/h1-7H,8H2,(H,17,19)(H2,16,18,20). The van der Waals surface area contributed by atoms with Gasteiger partial charge in [-0.25, -0.2) is 0 Å². The van der Waals surface area contributed by atoms with Crippen LogP contribution in [0, 0.1) is 11.3 Å². The molecule has 0 spiro atoms. The van der Waals surface area contributed by atoms with Gasteiger partial charge < -0.3 is 5.32 Å². The molecule has 0 bridgehead atoms. The topological polar surface area (TPSA) is 77.0 Å². The van der Waals surface area contributed by atoms with Crippen molar-refractivity contribution in [3.63, 3.8) is 0 Å². The molecular formula is C14H12N4OS. The molecule has 0 aliphatic rings. The molecule has 100 valence electrons. The Labute approximate surface area is 121 Å². The Hall–Kier alpha value is -2.65. The Morgan fingerprint density at radius 2 is 1.90 bits per heavy atom. The molecule has 0 fully saturated rings. The second kappa shape index (κ2) is 6.50. The third-order valence-corrected chi connectivity index (χ3v) is 2.80. The molecule has 1 amide bonds. The zero-order valence-electron chi connectivity index (χ0n) is 10.5. The van der Waals surface area contributed by atoms with Crippen molar-refractivity contribution in [3.05, 3.63) is 42.5 Å². The van der Waals surface area contributed by atoms with Gasteiger partial charge in [0.2, 0.25) is 0 Å². The molecule has 0 aliphatic heterocycles. The van der Waals surface area contributed by atoms with E-state index in [4.69, 9.17) is 17.5 Å². The van der Waals surface area contributed by atoms with E-state index in [1.165, 1.54) is 0 Å². The van der Waals surface area contributed by atoms with Crippen LogP contribution >= 0.6 is 12.2 Å². The number of nitriles is 1. The van der Waals surface area contributed by atoms with Gasteiger partial charge in [0, 0.05) is 11.1 Å². The Bertz CT molecular complexity index is 688. The number of hydrogen-bond donors (Lipinski definition) is 3. The predicted octanol–water partition coefficient (Wildman–Crippen LogP) is 2.07. The van der Waals surface area contributed by atoms with E-state index in [1.807, 2.05) is 42.5 Å². The molecular weight excluding hydrogens is 272 g/mol. The average molecular weight is 284 g/mol. The van der Waals surface area contributed by atoms with Gasteiger partial charge in [-0.1, -0.05) is 36.4 Å². The van der Waals surface area contributed by atoms with Gasteiger partial charge in [-0.15, -0.1) is 0 Å². The minimum atomic E-state index is -0.436. The summed E-state index contributed by atoms with van der Waals surface area (Å²) in [4.78, 5) is 11.1. The molecule has 0 atom stereocenters. The molecule has 2 rings (SSSR count). The molecule has 0 aliphatic carbocycles. The first-order chi connectivity index (χ1) is 9.70. The van der Waals surface area contributed by atoms with Crippen LogP contribution in [0.5, 0.6) is 0 Å². The molecule has 0 aromatic heterocycles. The SMILES string of the molecule is N#CCC(=O)NNC(=S)Nc1cccc2ccccc12. The number of nitrogens with zero attached hydrogens (tertiary/aromatic N) is 1. The van der Waals surface area contributed by atoms with Crippen molar-refractivity contribution >= 4 is 39.7 Å². The maximum Gasteiger partial charge on any atom is 0.252 e. The summed E-state index contributed by atoms with van der Waals surface area (Å²) < 4.78 is 0. The maximum atomic E-state index is 11.1. The van der Waals surface area contributed by atoms with Crippen molar-refractivity contribution in [3.8, 4) is 6.07 Å². The average Bonchev–Trinajstić information content (AvgIpc) is 2.46. The fourth-order valence-electron chi connectivity index (χ4n) is 1.73. The highest BCUT2D eigenvalue weighted by atomic mass is 32.1. The van der Waals surface area contributed by atoms with Crippen molar-refractivity contribution in [1.29, 1.82) is 5.26 Å². The fraction of sp³-hybridized carbons (Fsp3) is 0.0714. The van der Waals surface area contributed by atoms with E-state index in [0.717, 1.165) is 16.5 Å². The lowest BCUT2D eigenvalue weighted by Gasteiger charge is -2.12. The molecule has 0 saturated heterocycles. The van der Waals surface area contributed by atoms with Gasteiger partial charge in [0.15, 0.2) is 5.11 Å². The number of carbonyl (C=O) groups excluding carboxylic acids is 1. The Morgan fingerprint density at radius 3 is 2.70 bits per heavy atom. The summed E-state index contributed by atoms with van der Waals surface area (Å²) in [5, 5.41) is 13.8. The van der Waals surface area contributed by atoms with Crippen molar-refractivity contribution in [2.45, 2.75) is 6.42 Å². The number of fused-ring (bicyclic) bond motifs is 1. The van der Waals surface area contributed by atoms with E-state index < -0.39 is 5.91 Å². The largest absolute Gasteiger partial charge is 0.331 e. The molecule has 0 unspecified atom stereocenters. The Balaban J connectivity index is 2.03. The van der Waals surface area contributed by atoms with E-state index in [0.29, 0.717) is 0 Å². The highest BCUT2D eigenvalue weighted by molar-refractivity contribution is 7.80. The normalized spacial score (nSPS) is 9.55. The summed E-state index contributed by atoms with van der Waals surface area (Å²) in [6, 6.07) is 15.5. The first kappa shape index (κ1) is 13.8. The number of amides is 1. The second-order valence-electron chi connectivity index (χ2n) is 3.99. The lowest BCUT2D eigenvalue weighted by Crippen LogP contribution is -2.43. The van der Waals surface area contributed by atoms with Crippen LogP contribution in [0.1, 0.15) is 6.42 Å². The Kier molecular flexibility index (Phi) is 4.47. The summed E-state index contributed by atoms with van der Waals surface area (Å²) in [6.07, 6.45) is -0.218. The highest BCUT2D eigenvalue weighted by Gasteiger charge is 2.03. The second-order valence-corrected chi connectivity index (χ2v) is 4.40. The molecule has 0 saturated carbocycles. The molecule has 3 N–H and O–H groups in total. The third kappa shape index (κ3) is 3.43. The van der Waals surface area contributed by atoms with E-state index >= 15 is 0 Å². The summed E-state index contributed by atoms with van der Waals surface area (Å²) >= 11 is 5.08. The number of anilines is 1. The Morgan fingerprint density at radius 1 is 1.15 bits per heavy atom. The number of carbonyl (C=O) groups is 1. The molecule has 0 heterocycles. The fourth-order valence-corrected chi connectivity index (χ4v) is 1.89. The number of thiocarbonyl (C=S) groups is 1. The van der Waals surface area contributed by atoms with E-state index in [9.17, 15) is 4.79 Å². The molecule has 0 radical (unpaired) electrons. The van der Waals surface area contributed by atoms with Crippen LogP contribution in [0.25, 0.3) is 10.8 Å². The molecule has 2 aromatic rings. The van der Waals surface area contributed by atoms with Crippen LogP contribution in [0.3, 0.4) is 0 Å². The highest BCUT2D eigenvalue weighted by Crippen LogP contribution is 2.22. The third-order valence-electron chi connectivity index (χ3n) is 2.59. The zero-order valence-corrected chi connectivity index (χ0v) is 11.3. The lowest BCUT2D eigenvalue weighted by molar-refractivity contribution is -0.120. The van der Waals surface area contributed by atoms with Gasteiger partial charge >= 0.3 is 0 Å². The maximum absolute atomic E-state index is 11.1. The molecule has 6 heteroatoms. The van der Waals surface area contributed by atoms with Gasteiger partial charge in [0.05, 0.1) is 6.07 Å². The first-order valence-corrected chi connectivity index (χ1v) is 6.32. The summed E-state index contributed by atoms with van der Waals surface area (Å²) in [6.45, 7) is 0. The number of nitrogens with one attached hydrogen (secondary N) is 3. The monoisotopic (exact) mass is 284 g/mol. The predicted molar refractivity (Wildman–Crippen MR) is 81.7 cm³/mol. The van der Waals surface area contributed by atoms with E-state index in [2.05, 4.69) is 16.2 Å². The molecule has 20 heavy (non-hydrogen) atoms. The van der Waals surface area contributed by atoms with Crippen molar-refractivity contribution in [1.82, 2.24) is 10.9 Å². The zero-order chi connectivity index (χ0) is 14.4. The minimum Gasteiger partial charge on any atom is -0.331 e. The number of benzene rings is 2. The van der Waals surface area contributed by atoms with Gasteiger partial charge in [0.25, 0.3) is 5.91 Å². The lowest BCUT2D eigenvalue weighted by atomic mass is 10.1. The van der Waals surface area contributed by atoms with E-state index in [-0.39, 0.29) is 11.5 Å². The van der Waals surface area contributed by atoms with Crippen LogP contribution in [-0.4, -0.2) is 11.0 Å². The molecule has 2 aromatic carbocycles. The molecule has 5 nitrogen and oxygen atoms in total. The summed E-state index contributed by atoms with van der Waals surface area (Å²) in [7, 11) is 0. The van der Waals surface area contributed by atoms with E-state index in [1.54, 1.807) is 6.07 Å². The first-order valence-electron chi connectivity index (χ1n) is 5.91.